The summed E-state index contributed by atoms with van der Waals surface area (Å²) in [7, 11) is -2.19. The molecule has 0 aromatic carbocycles. The van der Waals surface area contributed by atoms with Crippen molar-refractivity contribution in [3.05, 3.63) is 0 Å². The molecule has 3 heteroatoms. The SMILES string of the molecule is CCCCCCCCOP1(=O)CCC(C)C1. The first-order chi connectivity index (χ1) is 7.66. The van der Waals surface area contributed by atoms with Gasteiger partial charge in [0.1, 0.15) is 0 Å². The van der Waals surface area contributed by atoms with Gasteiger partial charge in [-0.2, -0.15) is 0 Å². The van der Waals surface area contributed by atoms with E-state index in [1.807, 2.05) is 0 Å². The van der Waals surface area contributed by atoms with E-state index in [2.05, 4.69) is 13.8 Å². The first-order valence-electron chi connectivity index (χ1n) is 6.89. The van der Waals surface area contributed by atoms with Crippen LogP contribution in [0.3, 0.4) is 0 Å². The zero-order valence-corrected chi connectivity index (χ0v) is 11.8. The molecule has 2 unspecified atom stereocenters. The van der Waals surface area contributed by atoms with Gasteiger partial charge in [-0.05, 0) is 18.8 Å². The molecule has 0 N–H and O–H groups in total. The average molecular weight is 246 g/mol. The van der Waals surface area contributed by atoms with E-state index >= 15 is 0 Å². The van der Waals surface area contributed by atoms with Gasteiger partial charge in [-0.15, -0.1) is 0 Å². The van der Waals surface area contributed by atoms with Gasteiger partial charge in [-0.25, -0.2) is 0 Å². The molecule has 1 aliphatic heterocycles. The van der Waals surface area contributed by atoms with Crippen LogP contribution in [0.15, 0.2) is 0 Å². The van der Waals surface area contributed by atoms with Crippen molar-refractivity contribution in [1.82, 2.24) is 0 Å². The van der Waals surface area contributed by atoms with E-state index in [4.69, 9.17) is 4.52 Å². The largest absolute Gasteiger partial charge is 0.328 e. The van der Waals surface area contributed by atoms with Crippen molar-refractivity contribution in [2.75, 3.05) is 18.9 Å². The van der Waals surface area contributed by atoms with Gasteiger partial charge >= 0.3 is 0 Å². The van der Waals surface area contributed by atoms with E-state index < -0.39 is 7.37 Å². The van der Waals surface area contributed by atoms with Gasteiger partial charge in [-0.3, -0.25) is 4.57 Å². The Bertz CT molecular complexity index is 228. The summed E-state index contributed by atoms with van der Waals surface area (Å²) in [5.41, 5.74) is 0. The summed E-state index contributed by atoms with van der Waals surface area (Å²) < 4.78 is 17.8. The number of hydrogen-bond donors (Lipinski definition) is 0. The molecule has 0 aromatic heterocycles. The Balaban J connectivity index is 1.97. The molecule has 0 radical (unpaired) electrons. The maximum absolute atomic E-state index is 12.1. The van der Waals surface area contributed by atoms with Crippen LogP contribution in [0.25, 0.3) is 0 Å². The summed E-state index contributed by atoms with van der Waals surface area (Å²) in [6, 6.07) is 0. The molecule has 96 valence electrons. The van der Waals surface area contributed by atoms with Gasteiger partial charge in [0.15, 0.2) is 0 Å². The monoisotopic (exact) mass is 246 g/mol. The van der Waals surface area contributed by atoms with Crippen molar-refractivity contribution in [2.45, 2.75) is 58.8 Å². The fourth-order valence-corrected chi connectivity index (χ4v) is 5.15. The minimum absolute atomic E-state index is 0.607. The predicted octanol–water partition coefficient (Wildman–Crippen LogP) is 4.68. The third-order valence-corrected chi connectivity index (χ3v) is 6.15. The Morgan fingerprint density at radius 2 is 1.88 bits per heavy atom. The van der Waals surface area contributed by atoms with Crippen LogP contribution < -0.4 is 0 Å². The first kappa shape index (κ1) is 14.3. The minimum Gasteiger partial charge on any atom is -0.328 e. The van der Waals surface area contributed by atoms with Crippen molar-refractivity contribution in [1.29, 1.82) is 0 Å². The Hall–Kier alpha value is 0.190. The molecule has 1 aliphatic rings. The van der Waals surface area contributed by atoms with Crippen molar-refractivity contribution in [2.24, 2.45) is 5.92 Å². The number of rotatable bonds is 8. The smallest absolute Gasteiger partial charge is 0.203 e. The number of unbranched alkanes of at least 4 members (excludes halogenated alkanes) is 5. The first-order valence-corrected chi connectivity index (χ1v) is 8.88. The van der Waals surface area contributed by atoms with Gasteiger partial charge in [-0.1, -0.05) is 46.0 Å². The van der Waals surface area contributed by atoms with Crippen LogP contribution >= 0.6 is 7.37 Å². The lowest BCUT2D eigenvalue weighted by Crippen LogP contribution is -1.96. The second-order valence-electron chi connectivity index (χ2n) is 5.22. The zero-order valence-electron chi connectivity index (χ0n) is 10.9. The average Bonchev–Trinajstić information content (AvgIpc) is 2.58. The van der Waals surface area contributed by atoms with E-state index in [1.165, 1.54) is 32.1 Å². The van der Waals surface area contributed by atoms with Crippen LogP contribution in [0.4, 0.5) is 0 Å². The Kier molecular flexibility index (Phi) is 6.68. The maximum Gasteiger partial charge on any atom is 0.203 e. The fraction of sp³-hybridized carbons (Fsp3) is 1.00. The van der Waals surface area contributed by atoms with Crippen LogP contribution in [-0.4, -0.2) is 18.9 Å². The van der Waals surface area contributed by atoms with Crippen LogP contribution in [0.5, 0.6) is 0 Å². The topological polar surface area (TPSA) is 26.3 Å². The van der Waals surface area contributed by atoms with Gasteiger partial charge in [0.25, 0.3) is 0 Å². The van der Waals surface area contributed by atoms with Crippen LogP contribution in [0.2, 0.25) is 0 Å². The minimum atomic E-state index is -2.19. The van der Waals surface area contributed by atoms with E-state index in [1.54, 1.807) is 0 Å². The second kappa shape index (κ2) is 7.50. The summed E-state index contributed by atoms with van der Waals surface area (Å²) in [6.45, 7) is 5.12. The molecule has 1 rings (SSSR count). The zero-order chi connectivity index (χ0) is 11.9. The molecule has 1 fully saturated rings. The summed E-state index contributed by atoms with van der Waals surface area (Å²) >= 11 is 0. The van der Waals surface area contributed by atoms with Crippen molar-refractivity contribution in [3.8, 4) is 0 Å². The van der Waals surface area contributed by atoms with Crippen LogP contribution in [-0.2, 0) is 9.09 Å². The van der Waals surface area contributed by atoms with Gasteiger partial charge in [0.2, 0.25) is 7.37 Å². The predicted molar refractivity (Wildman–Crippen MR) is 70.4 cm³/mol. The summed E-state index contributed by atoms with van der Waals surface area (Å²) in [5.74, 6) is 0.607. The highest BCUT2D eigenvalue weighted by molar-refractivity contribution is 7.59. The third kappa shape index (κ3) is 5.50. The van der Waals surface area contributed by atoms with Crippen molar-refractivity contribution in [3.63, 3.8) is 0 Å². The van der Waals surface area contributed by atoms with Gasteiger partial charge in [0.05, 0.1) is 6.61 Å². The standard InChI is InChI=1S/C13H27O2P/c1-3-4-5-6-7-8-10-15-16(14)11-9-13(2)12-16/h13H,3-12H2,1-2H3. The molecule has 0 spiro atoms. The van der Waals surface area contributed by atoms with Crippen molar-refractivity contribution >= 4 is 7.37 Å². The second-order valence-corrected chi connectivity index (χ2v) is 7.92. The highest BCUT2D eigenvalue weighted by atomic mass is 31.2. The molecular formula is C13H27O2P. The fourth-order valence-electron chi connectivity index (χ4n) is 2.31. The van der Waals surface area contributed by atoms with Gasteiger partial charge in [0, 0.05) is 12.3 Å². The van der Waals surface area contributed by atoms with E-state index in [9.17, 15) is 4.57 Å². The Morgan fingerprint density at radius 3 is 2.50 bits per heavy atom. The lowest BCUT2D eigenvalue weighted by molar-refractivity contribution is 0.304. The number of hydrogen-bond acceptors (Lipinski definition) is 2. The molecule has 2 atom stereocenters. The Morgan fingerprint density at radius 1 is 1.19 bits per heavy atom. The van der Waals surface area contributed by atoms with Crippen molar-refractivity contribution < 1.29 is 9.09 Å². The molecule has 0 saturated carbocycles. The third-order valence-electron chi connectivity index (χ3n) is 3.38. The Labute approximate surface area is 101 Å². The summed E-state index contributed by atoms with van der Waals surface area (Å²) in [5, 5.41) is 0. The van der Waals surface area contributed by atoms with E-state index in [0.29, 0.717) is 5.92 Å². The van der Waals surface area contributed by atoms with Gasteiger partial charge < -0.3 is 4.52 Å². The molecular weight excluding hydrogens is 219 g/mol. The normalized spacial score (nSPS) is 29.8. The van der Waals surface area contributed by atoms with Crippen LogP contribution in [0.1, 0.15) is 58.8 Å². The lowest BCUT2D eigenvalue weighted by atomic mass is 10.1. The van der Waals surface area contributed by atoms with E-state index in [-0.39, 0.29) is 0 Å². The van der Waals surface area contributed by atoms with Crippen LogP contribution in [0, 0.1) is 5.92 Å². The quantitative estimate of drug-likeness (QED) is 0.459. The summed E-state index contributed by atoms with van der Waals surface area (Å²) in [4.78, 5) is 0. The molecule has 1 heterocycles. The van der Waals surface area contributed by atoms with E-state index in [0.717, 1.165) is 31.8 Å². The maximum atomic E-state index is 12.1. The molecule has 0 bridgehead atoms. The molecule has 1 saturated heterocycles. The summed E-state index contributed by atoms with van der Waals surface area (Å²) in [6.07, 6.45) is 10.3. The lowest BCUT2D eigenvalue weighted by Gasteiger charge is -2.12. The highest BCUT2D eigenvalue weighted by Crippen LogP contribution is 2.55. The molecule has 0 amide bonds. The highest BCUT2D eigenvalue weighted by Gasteiger charge is 2.32. The molecule has 16 heavy (non-hydrogen) atoms. The molecule has 0 aliphatic carbocycles. The molecule has 0 aromatic rings. The molecule has 2 nitrogen and oxygen atoms in total.